The van der Waals surface area contributed by atoms with Crippen LogP contribution in [0.3, 0.4) is 0 Å². The number of aromatic nitrogens is 1. The monoisotopic (exact) mass is 326 g/mol. The number of fused-ring (bicyclic) bond motifs is 1. The Morgan fingerprint density at radius 3 is 2.57 bits per heavy atom. The number of carbonyl (C=O) groups is 1. The van der Waals surface area contributed by atoms with E-state index in [9.17, 15) is 4.79 Å². The largest absolute Gasteiger partial charge is 0.349 e. The molecular formula is C19H19ClN2O. The highest BCUT2D eigenvalue weighted by Crippen LogP contribution is 2.27. The molecule has 1 heterocycles. The topological polar surface area (TPSA) is 44.9 Å². The van der Waals surface area contributed by atoms with Crippen molar-refractivity contribution >= 4 is 28.4 Å². The Labute approximate surface area is 140 Å². The van der Waals surface area contributed by atoms with Gasteiger partial charge in [-0.3, -0.25) is 4.79 Å². The summed E-state index contributed by atoms with van der Waals surface area (Å²) in [6.45, 7) is 2.01. The van der Waals surface area contributed by atoms with Gasteiger partial charge in [0.05, 0.1) is 5.02 Å². The van der Waals surface area contributed by atoms with E-state index < -0.39 is 0 Å². The molecule has 118 valence electrons. The van der Waals surface area contributed by atoms with Gasteiger partial charge in [0.25, 0.3) is 5.91 Å². The van der Waals surface area contributed by atoms with Gasteiger partial charge in [-0.1, -0.05) is 60.1 Å². The predicted molar refractivity (Wildman–Crippen MR) is 95.0 cm³/mol. The first-order chi connectivity index (χ1) is 11.1. The number of nitrogens with one attached hydrogen (secondary N) is 2. The zero-order valence-corrected chi connectivity index (χ0v) is 13.7. The third-order valence-corrected chi connectivity index (χ3v) is 4.35. The molecule has 2 N–H and O–H groups in total. The molecule has 1 atom stereocenters. The fraction of sp³-hybridized carbons (Fsp3) is 0.211. The number of carbonyl (C=O) groups excluding carboxylic acids is 1. The summed E-state index contributed by atoms with van der Waals surface area (Å²) in [4.78, 5) is 15.5. The summed E-state index contributed by atoms with van der Waals surface area (Å²) >= 11 is 6.32. The number of hydrogen-bond donors (Lipinski definition) is 2. The van der Waals surface area contributed by atoms with Crippen LogP contribution in [0, 0.1) is 0 Å². The van der Waals surface area contributed by atoms with E-state index in [4.69, 9.17) is 11.6 Å². The summed E-state index contributed by atoms with van der Waals surface area (Å²) in [7, 11) is 0. The Morgan fingerprint density at radius 1 is 1.13 bits per heavy atom. The van der Waals surface area contributed by atoms with Crippen LogP contribution in [-0.4, -0.2) is 16.9 Å². The van der Waals surface area contributed by atoms with Crippen LogP contribution in [0.5, 0.6) is 0 Å². The fourth-order valence-electron chi connectivity index (χ4n) is 2.66. The van der Waals surface area contributed by atoms with Gasteiger partial charge in [-0.15, -0.1) is 0 Å². The normalized spacial score (nSPS) is 12.3. The van der Waals surface area contributed by atoms with Gasteiger partial charge in [0.15, 0.2) is 0 Å². The van der Waals surface area contributed by atoms with Crippen LogP contribution in [0.4, 0.5) is 0 Å². The zero-order chi connectivity index (χ0) is 16.2. The molecular weight excluding hydrogens is 308 g/mol. The van der Waals surface area contributed by atoms with Crippen LogP contribution >= 0.6 is 11.6 Å². The van der Waals surface area contributed by atoms with E-state index in [1.54, 1.807) is 0 Å². The van der Waals surface area contributed by atoms with E-state index in [0.29, 0.717) is 10.7 Å². The summed E-state index contributed by atoms with van der Waals surface area (Å²) in [6, 6.07) is 18.0. The van der Waals surface area contributed by atoms with Crippen molar-refractivity contribution in [2.75, 3.05) is 0 Å². The number of H-pyrrole nitrogens is 1. The summed E-state index contributed by atoms with van der Waals surface area (Å²) in [6.07, 6.45) is 1.82. The summed E-state index contributed by atoms with van der Waals surface area (Å²) in [5, 5.41) is 4.37. The quantitative estimate of drug-likeness (QED) is 0.708. The maximum Gasteiger partial charge on any atom is 0.269 e. The molecule has 1 amide bonds. The smallest absolute Gasteiger partial charge is 0.269 e. The van der Waals surface area contributed by atoms with Crippen molar-refractivity contribution < 1.29 is 4.79 Å². The maximum absolute atomic E-state index is 12.4. The standard InChI is InChI=1S/C19H19ClN2O/c1-13(11-12-14-7-3-2-4-8-14)21-19(23)18-17(20)15-9-5-6-10-16(15)22-18/h2-10,13,22H,11-12H2,1H3,(H,21,23)/t13-/m1/s1. The first kappa shape index (κ1) is 15.6. The number of aromatic amines is 1. The molecule has 0 saturated heterocycles. The predicted octanol–water partition coefficient (Wildman–Crippen LogP) is 4.57. The first-order valence-corrected chi connectivity index (χ1v) is 8.14. The first-order valence-electron chi connectivity index (χ1n) is 7.76. The van der Waals surface area contributed by atoms with Crippen molar-refractivity contribution in [1.29, 1.82) is 0 Å². The third kappa shape index (κ3) is 3.57. The highest BCUT2D eigenvalue weighted by Gasteiger charge is 2.17. The van der Waals surface area contributed by atoms with Crippen LogP contribution in [0.15, 0.2) is 54.6 Å². The number of aryl methyl sites for hydroxylation is 1. The van der Waals surface area contributed by atoms with Crippen molar-refractivity contribution in [3.8, 4) is 0 Å². The molecule has 2 aromatic carbocycles. The molecule has 0 aliphatic heterocycles. The number of benzene rings is 2. The highest BCUT2D eigenvalue weighted by atomic mass is 35.5. The van der Waals surface area contributed by atoms with Gasteiger partial charge in [-0.25, -0.2) is 0 Å². The lowest BCUT2D eigenvalue weighted by molar-refractivity contribution is 0.0934. The lowest BCUT2D eigenvalue weighted by Crippen LogP contribution is -2.33. The van der Waals surface area contributed by atoms with E-state index in [0.717, 1.165) is 23.7 Å². The molecule has 3 nitrogen and oxygen atoms in total. The second-order valence-corrected chi connectivity index (χ2v) is 6.14. The van der Waals surface area contributed by atoms with Gasteiger partial charge in [0, 0.05) is 16.9 Å². The van der Waals surface area contributed by atoms with E-state index in [-0.39, 0.29) is 11.9 Å². The van der Waals surface area contributed by atoms with Crippen LogP contribution in [0.1, 0.15) is 29.4 Å². The lowest BCUT2D eigenvalue weighted by atomic mass is 10.1. The number of amides is 1. The average molecular weight is 327 g/mol. The van der Waals surface area contributed by atoms with E-state index in [2.05, 4.69) is 22.4 Å². The van der Waals surface area contributed by atoms with E-state index >= 15 is 0 Å². The van der Waals surface area contributed by atoms with E-state index in [1.807, 2.05) is 49.4 Å². The zero-order valence-electron chi connectivity index (χ0n) is 13.0. The van der Waals surface area contributed by atoms with Crippen molar-refractivity contribution in [3.63, 3.8) is 0 Å². The Morgan fingerprint density at radius 2 is 1.83 bits per heavy atom. The number of hydrogen-bond acceptors (Lipinski definition) is 1. The lowest BCUT2D eigenvalue weighted by Gasteiger charge is -2.13. The van der Waals surface area contributed by atoms with Crippen LogP contribution in [0.2, 0.25) is 5.02 Å². The third-order valence-electron chi connectivity index (χ3n) is 3.96. The van der Waals surface area contributed by atoms with Gasteiger partial charge >= 0.3 is 0 Å². The number of halogens is 1. The molecule has 0 fully saturated rings. The molecule has 0 bridgehead atoms. The number of para-hydroxylation sites is 1. The van der Waals surface area contributed by atoms with Gasteiger partial charge < -0.3 is 10.3 Å². The molecule has 1 aromatic heterocycles. The Kier molecular flexibility index (Phi) is 4.68. The highest BCUT2D eigenvalue weighted by molar-refractivity contribution is 6.38. The van der Waals surface area contributed by atoms with Gasteiger partial charge in [-0.05, 0) is 31.4 Å². The summed E-state index contributed by atoms with van der Waals surface area (Å²) < 4.78 is 0. The molecule has 0 radical (unpaired) electrons. The Balaban J connectivity index is 1.64. The molecule has 23 heavy (non-hydrogen) atoms. The Bertz CT molecular complexity index is 811. The maximum atomic E-state index is 12.4. The minimum absolute atomic E-state index is 0.0742. The van der Waals surface area contributed by atoms with E-state index in [1.165, 1.54) is 5.56 Å². The van der Waals surface area contributed by atoms with Crippen molar-refractivity contribution in [2.45, 2.75) is 25.8 Å². The second-order valence-electron chi connectivity index (χ2n) is 5.76. The average Bonchev–Trinajstić information content (AvgIpc) is 2.91. The Hall–Kier alpha value is -2.26. The van der Waals surface area contributed by atoms with Crippen LogP contribution in [-0.2, 0) is 6.42 Å². The fourth-order valence-corrected chi connectivity index (χ4v) is 2.96. The van der Waals surface area contributed by atoms with Crippen molar-refractivity contribution in [2.24, 2.45) is 0 Å². The molecule has 0 saturated carbocycles. The van der Waals surface area contributed by atoms with Crippen molar-refractivity contribution in [3.05, 3.63) is 70.9 Å². The molecule has 0 aliphatic rings. The molecule has 0 unspecified atom stereocenters. The SMILES string of the molecule is C[C@H](CCc1ccccc1)NC(=O)c1[nH]c2ccccc2c1Cl. The summed E-state index contributed by atoms with van der Waals surface area (Å²) in [5.74, 6) is -0.160. The van der Waals surface area contributed by atoms with Gasteiger partial charge in [0.1, 0.15) is 5.69 Å². The summed E-state index contributed by atoms with van der Waals surface area (Å²) in [5.41, 5.74) is 2.58. The molecule has 4 heteroatoms. The van der Waals surface area contributed by atoms with Gasteiger partial charge in [-0.2, -0.15) is 0 Å². The van der Waals surface area contributed by atoms with Crippen molar-refractivity contribution in [1.82, 2.24) is 10.3 Å². The van der Waals surface area contributed by atoms with Crippen LogP contribution < -0.4 is 5.32 Å². The van der Waals surface area contributed by atoms with Crippen LogP contribution in [0.25, 0.3) is 10.9 Å². The minimum Gasteiger partial charge on any atom is -0.349 e. The van der Waals surface area contributed by atoms with Gasteiger partial charge in [0.2, 0.25) is 0 Å². The molecule has 0 spiro atoms. The number of rotatable bonds is 5. The molecule has 0 aliphatic carbocycles. The minimum atomic E-state index is -0.160. The molecule has 3 rings (SSSR count). The molecule has 3 aromatic rings. The second kappa shape index (κ2) is 6.88.